The predicted molar refractivity (Wildman–Crippen MR) is 108 cm³/mol. The molecule has 1 unspecified atom stereocenters. The molecule has 2 aliphatic heterocycles. The van der Waals surface area contributed by atoms with E-state index in [4.69, 9.17) is 9.47 Å². The summed E-state index contributed by atoms with van der Waals surface area (Å²) < 4.78 is 11.1. The Morgan fingerprint density at radius 2 is 1.82 bits per heavy atom. The smallest absolute Gasteiger partial charge is 0.268 e. The Hall–Kier alpha value is -2.57. The van der Waals surface area contributed by atoms with Crippen molar-refractivity contribution in [1.29, 1.82) is 0 Å². The Morgan fingerprint density at radius 1 is 1.07 bits per heavy atom. The Kier molecular flexibility index (Phi) is 5.50. The molecule has 0 bridgehead atoms. The van der Waals surface area contributed by atoms with E-state index < -0.39 is 0 Å². The predicted octanol–water partition coefficient (Wildman–Crippen LogP) is 3.75. The summed E-state index contributed by atoms with van der Waals surface area (Å²) in [5.74, 6) is 0.0162. The van der Waals surface area contributed by atoms with Crippen LogP contribution in [0.2, 0.25) is 0 Å². The number of benzene rings is 2. The Balaban J connectivity index is 1.75. The fourth-order valence-electron chi connectivity index (χ4n) is 3.50. The number of hydrogen-bond donors (Lipinski definition) is 0. The number of para-hydroxylation sites is 1. The van der Waals surface area contributed by atoms with Crippen LogP contribution in [0.25, 0.3) is 5.57 Å². The second-order valence-corrected chi connectivity index (χ2v) is 7.76. The van der Waals surface area contributed by atoms with E-state index in [2.05, 4.69) is 0 Å². The lowest BCUT2D eigenvalue weighted by atomic mass is 10.0. The van der Waals surface area contributed by atoms with E-state index in [1.54, 1.807) is 13.2 Å². The van der Waals surface area contributed by atoms with Crippen LogP contribution in [0.15, 0.2) is 64.4 Å². The lowest BCUT2D eigenvalue weighted by molar-refractivity contribution is -0.138. The second-order valence-electron chi connectivity index (χ2n) is 6.68. The molecule has 5 nitrogen and oxygen atoms in total. The zero-order valence-corrected chi connectivity index (χ0v) is 16.4. The van der Waals surface area contributed by atoms with Gasteiger partial charge in [-0.3, -0.25) is 14.5 Å². The van der Waals surface area contributed by atoms with Gasteiger partial charge in [0.1, 0.15) is 5.75 Å². The maximum Gasteiger partial charge on any atom is 0.268 e. The summed E-state index contributed by atoms with van der Waals surface area (Å²) in [6.07, 6.45) is 1.73. The molecule has 2 aromatic carbocycles. The molecule has 4 rings (SSSR count). The van der Waals surface area contributed by atoms with Crippen LogP contribution in [0.3, 0.4) is 0 Å². The van der Waals surface area contributed by atoms with Crippen molar-refractivity contribution in [3.05, 3.63) is 65.1 Å². The molecule has 0 N–H and O–H groups in total. The molecule has 0 saturated carbocycles. The van der Waals surface area contributed by atoms with Gasteiger partial charge in [0.15, 0.2) is 0 Å². The SMILES string of the molecule is COc1ccccc1C1=C(Sc2ccccc2)C(=O)N(CC2CCCO2)C1=O. The van der Waals surface area contributed by atoms with E-state index in [9.17, 15) is 9.59 Å². The standard InChI is InChI=1S/C22H21NO4S/c1-26-18-12-6-5-11-17(18)19-20(28-16-9-3-2-4-10-16)22(25)23(21(19)24)14-15-8-7-13-27-15/h2-6,9-12,15H,7-8,13-14H2,1H3. The molecule has 0 spiro atoms. The molecule has 2 heterocycles. The summed E-state index contributed by atoms with van der Waals surface area (Å²) in [5, 5.41) is 0. The van der Waals surface area contributed by atoms with Crippen LogP contribution >= 0.6 is 11.8 Å². The van der Waals surface area contributed by atoms with Crippen molar-refractivity contribution >= 4 is 29.1 Å². The highest BCUT2D eigenvalue weighted by atomic mass is 32.2. The lowest BCUT2D eigenvalue weighted by Crippen LogP contribution is -2.37. The molecule has 1 fully saturated rings. The van der Waals surface area contributed by atoms with E-state index in [0.717, 1.165) is 17.7 Å². The number of thioether (sulfide) groups is 1. The normalized spacial score (nSPS) is 19.6. The van der Waals surface area contributed by atoms with E-state index >= 15 is 0 Å². The third-order valence-corrected chi connectivity index (χ3v) is 5.97. The topological polar surface area (TPSA) is 55.8 Å². The van der Waals surface area contributed by atoms with Gasteiger partial charge in [0.25, 0.3) is 11.8 Å². The number of methoxy groups -OCH3 is 1. The number of nitrogens with zero attached hydrogens (tertiary/aromatic N) is 1. The number of carbonyl (C=O) groups excluding carboxylic acids is 2. The van der Waals surface area contributed by atoms with Crippen LogP contribution < -0.4 is 4.74 Å². The van der Waals surface area contributed by atoms with Crippen LogP contribution in [0.1, 0.15) is 18.4 Å². The van der Waals surface area contributed by atoms with Crippen LogP contribution in [-0.4, -0.2) is 43.1 Å². The fourth-order valence-corrected chi connectivity index (χ4v) is 4.53. The Morgan fingerprint density at radius 3 is 2.54 bits per heavy atom. The summed E-state index contributed by atoms with van der Waals surface area (Å²) in [6.45, 7) is 0.967. The van der Waals surface area contributed by atoms with Crippen LogP contribution in [0.4, 0.5) is 0 Å². The number of imide groups is 1. The second kappa shape index (κ2) is 8.20. The summed E-state index contributed by atoms with van der Waals surface area (Å²) in [5.41, 5.74) is 1.03. The first kappa shape index (κ1) is 18.8. The van der Waals surface area contributed by atoms with Gasteiger partial charge in [0.2, 0.25) is 0 Å². The van der Waals surface area contributed by atoms with Gasteiger partial charge in [-0.15, -0.1) is 0 Å². The first-order valence-corrected chi connectivity index (χ1v) is 10.1. The van der Waals surface area contributed by atoms with Crippen molar-refractivity contribution in [2.45, 2.75) is 23.8 Å². The van der Waals surface area contributed by atoms with Crippen molar-refractivity contribution in [3.63, 3.8) is 0 Å². The van der Waals surface area contributed by atoms with E-state index in [1.807, 2.05) is 48.5 Å². The van der Waals surface area contributed by atoms with Gasteiger partial charge in [-0.05, 0) is 31.0 Å². The molecule has 1 saturated heterocycles. The molecule has 2 aromatic rings. The minimum absolute atomic E-state index is 0.0899. The monoisotopic (exact) mass is 395 g/mol. The molecule has 1 atom stereocenters. The van der Waals surface area contributed by atoms with Crippen molar-refractivity contribution in [2.75, 3.05) is 20.3 Å². The fraction of sp³-hybridized carbons (Fsp3) is 0.273. The molecule has 6 heteroatoms. The van der Waals surface area contributed by atoms with Crippen molar-refractivity contribution in [2.24, 2.45) is 0 Å². The van der Waals surface area contributed by atoms with Crippen LogP contribution in [-0.2, 0) is 14.3 Å². The summed E-state index contributed by atoms with van der Waals surface area (Å²) >= 11 is 1.32. The summed E-state index contributed by atoms with van der Waals surface area (Å²) in [7, 11) is 1.56. The van der Waals surface area contributed by atoms with Crippen molar-refractivity contribution < 1.29 is 19.1 Å². The zero-order chi connectivity index (χ0) is 19.5. The lowest BCUT2D eigenvalue weighted by Gasteiger charge is -2.19. The first-order valence-electron chi connectivity index (χ1n) is 9.27. The third-order valence-electron chi connectivity index (χ3n) is 4.88. The molecule has 2 amide bonds. The van der Waals surface area contributed by atoms with Gasteiger partial charge in [0, 0.05) is 17.1 Å². The highest BCUT2D eigenvalue weighted by Gasteiger charge is 2.41. The number of hydrogen-bond acceptors (Lipinski definition) is 5. The number of amides is 2. The number of ether oxygens (including phenoxy) is 2. The van der Waals surface area contributed by atoms with E-state index in [-0.39, 0.29) is 24.5 Å². The highest BCUT2D eigenvalue weighted by molar-refractivity contribution is 8.04. The number of carbonyl (C=O) groups is 2. The maximum absolute atomic E-state index is 13.3. The molecule has 144 valence electrons. The Bertz CT molecular complexity index is 919. The van der Waals surface area contributed by atoms with Gasteiger partial charge in [0.05, 0.1) is 30.2 Å². The van der Waals surface area contributed by atoms with Gasteiger partial charge in [-0.1, -0.05) is 48.2 Å². The molecule has 0 aliphatic carbocycles. The van der Waals surface area contributed by atoms with Gasteiger partial charge in [-0.2, -0.15) is 0 Å². The molecular weight excluding hydrogens is 374 g/mol. The van der Waals surface area contributed by atoms with Crippen molar-refractivity contribution in [1.82, 2.24) is 4.90 Å². The van der Waals surface area contributed by atoms with Gasteiger partial charge >= 0.3 is 0 Å². The summed E-state index contributed by atoms with van der Waals surface area (Å²) in [6, 6.07) is 16.9. The minimum atomic E-state index is -0.288. The molecule has 28 heavy (non-hydrogen) atoms. The first-order chi connectivity index (χ1) is 13.7. The molecule has 0 radical (unpaired) electrons. The molecule has 2 aliphatic rings. The summed E-state index contributed by atoms with van der Waals surface area (Å²) in [4.78, 5) is 29.2. The molecule has 0 aromatic heterocycles. The minimum Gasteiger partial charge on any atom is -0.496 e. The largest absolute Gasteiger partial charge is 0.496 e. The average molecular weight is 395 g/mol. The van der Waals surface area contributed by atoms with Crippen LogP contribution in [0, 0.1) is 0 Å². The maximum atomic E-state index is 13.3. The number of rotatable bonds is 6. The van der Waals surface area contributed by atoms with E-state index in [0.29, 0.717) is 28.4 Å². The average Bonchev–Trinajstić information content (AvgIpc) is 3.32. The van der Waals surface area contributed by atoms with Gasteiger partial charge < -0.3 is 9.47 Å². The van der Waals surface area contributed by atoms with Crippen LogP contribution in [0.5, 0.6) is 5.75 Å². The van der Waals surface area contributed by atoms with Gasteiger partial charge in [-0.25, -0.2) is 0 Å². The quantitative estimate of drug-likeness (QED) is 0.698. The Labute approximate surface area is 168 Å². The third kappa shape index (κ3) is 3.57. The highest BCUT2D eigenvalue weighted by Crippen LogP contribution is 2.42. The van der Waals surface area contributed by atoms with E-state index in [1.165, 1.54) is 16.7 Å². The zero-order valence-electron chi connectivity index (χ0n) is 15.6. The van der Waals surface area contributed by atoms with Crippen molar-refractivity contribution in [3.8, 4) is 5.75 Å². The molecular formula is C22H21NO4S.